The maximum absolute atomic E-state index is 11.5. The molecule has 1 saturated heterocycles. The van der Waals surface area contributed by atoms with E-state index in [9.17, 15) is 4.79 Å². The number of primary amides is 1. The molecule has 5 N–H and O–H groups in total. The number of anilines is 1. The number of rotatable bonds is 5. The molecule has 0 atom stereocenters. The lowest BCUT2D eigenvalue weighted by atomic mass is 9.87. The second kappa shape index (κ2) is 7.16. The third-order valence-corrected chi connectivity index (χ3v) is 4.87. The second-order valence-corrected chi connectivity index (χ2v) is 6.65. The monoisotopic (exact) mass is 363 g/mol. The topological polar surface area (TPSA) is 122 Å². The van der Waals surface area contributed by atoms with E-state index >= 15 is 0 Å². The predicted octanol–water partition coefficient (Wildman–Crippen LogP) is 1.66. The molecular formula is C19H21N7O. The van der Waals surface area contributed by atoms with Gasteiger partial charge in [0.1, 0.15) is 0 Å². The molecule has 8 nitrogen and oxygen atoms in total. The number of piperidine rings is 1. The van der Waals surface area contributed by atoms with Gasteiger partial charge in [-0.1, -0.05) is 6.07 Å². The Morgan fingerprint density at radius 1 is 1.15 bits per heavy atom. The molecule has 138 valence electrons. The van der Waals surface area contributed by atoms with Crippen LogP contribution in [-0.4, -0.2) is 39.2 Å². The molecule has 0 saturated carbocycles. The molecule has 1 aromatic carbocycles. The third-order valence-electron chi connectivity index (χ3n) is 4.87. The van der Waals surface area contributed by atoms with Crippen LogP contribution in [0.25, 0.3) is 11.4 Å². The summed E-state index contributed by atoms with van der Waals surface area (Å²) in [5.74, 6) is 0.968. The number of nitrogens with zero attached hydrogens (tertiary/aromatic N) is 3. The van der Waals surface area contributed by atoms with Gasteiger partial charge in [0.05, 0.1) is 5.54 Å². The van der Waals surface area contributed by atoms with Crippen LogP contribution in [0.4, 0.5) is 5.69 Å². The van der Waals surface area contributed by atoms with Crippen molar-refractivity contribution in [3.8, 4) is 11.4 Å². The lowest BCUT2D eigenvalue weighted by Gasteiger charge is -2.37. The van der Waals surface area contributed by atoms with Crippen molar-refractivity contribution in [3.63, 3.8) is 0 Å². The van der Waals surface area contributed by atoms with E-state index in [0.29, 0.717) is 11.4 Å². The van der Waals surface area contributed by atoms with Crippen molar-refractivity contribution in [2.45, 2.75) is 18.4 Å². The van der Waals surface area contributed by atoms with Gasteiger partial charge in [-0.25, -0.2) is 4.98 Å². The molecular weight excluding hydrogens is 342 g/mol. The number of hydrogen-bond donors (Lipinski definition) is 4. The Hall–Kier alpha value is -3.26. The summed E-state index contributed by atoms with van der Waals surface area (Å²) < 4.78 is 0. The average molecular weight is 363 g/mol. The fourth-order valence-electron chi connectivity index (χ4n) is 3.41. The first-order chi connectivity index (χ1) is 13.2. The summed E-state index contributed by atoms with van der Waals surface area (Å²) in [5.41, 5.74) is 7.22. The largest absolute Gasteiger partial charge is 0.373 e. The lowest BCUT2D eigenvalue weighted by Crippen LogP contribution is -2.46. The first-order valence-corrected chi connectivity index (χ1v) is 8.88. The summed E-state index contributed by atoms with van der Waals surface area (Å²) >= 11 is 0. The summed E-state index contributed by atoms with van der Waals surface area (Å²) in [6.07, 6.45) is 5.11. The number of carbonyl (C=O) groups excluding carboxylic acids is 1. The van der Waals surface area contributed by atoms with Crippen molar-refractivity contribution in [2.75, 3.05) is 18.4 Å². The minimum Gasteiger partial charge on any atom is -0.373 e. The predicted molar refractivity (Wildman–Crippen MR) is 102 cm³/mol. The van der Waals surface area contributed by atoms with Crippen LogP contribution < -0.4 is 16.4 Å². The Labute approximate surface area is 156 Å². The molecule has 0 aliphatic carbocycles. The normalized spacial score (nSPS) is 16.0. The maximum Gasteiger partial charge on any atom is 0.248 e. The van der Waals surface area contributed by atoms with Crippen molar-refractivity contribution in [2.24, 2.45) is 5.73 Å². The zero-order valence-corrected chi connectivity index (χ0v) is 14.8. The number of nitrogens with two attached hydrogens (primary N) is 1. The summed E-state index contributed by atoms with van der Waals surface area (Å²) in [6, 6.07) is 11.0. The molecule has 1 fully saturated rings. The van der Waals surface area contributed by atoms with Crippen LogP contribution in [0.2, 0.25) is 0 Å². The van der Waals surface area contributed by atoms with Crippen molar-refractivity contribution in [3.05, 3.63) is 60.2 Å². The minimum absolute atomic E-state index is 0.403. The van der Waals surface area contributed by atoms with Gasteiger partial charge in [0.2, 0.25) is 5.91 Å². The Morgan fingerprint density at radius 2 is 1.93 bits per heavy atom. The maximum atomic E-state index is 11.5. The molecule has 0 radical (unpaired) electrons. The summed E-state index contributed by atoms with van der Waals surface area (Å²) in [7, 11) is 0. The van der Waals surface area contributed by atoms with E-state index in [1.165, 1.54) is 0 Å². The number of pyridine rings is 1. The summed E-state index contributed by atoms with van der Waals surface area (Å²) in [4.78, 5) is 20.3. The van der Waals surface area contributed by atoms with Crippen LogP contribution >= 0.6 is 0 Å². The van der Waals surface area contributed by atoms with E-state index in [4.69, 9.17) is 10.7 Å². The molecule has 27 heavy (non-hydrogen) atoms. The lowest BCUT2D eigenvalue weighted by molar-refractivity contribution is 0.100. The number of benzene rings is 1. The fraction of sp³-hybridized carbons (Fsp3) is 0.263. The van der Waals surface area contributed by atoms with Crippen LogP contribution in [-0.2, 0) is 5.54 Å². The van der Waals surface area contributed by atoms with Gasteiger partial charge < -0.3 is 16.4 Å². The summed E-state index contributed by atoms with van der Waals surface area (Å²) in [6.45, 7) is 1.71. The van der Waals surface area contributed by atoms with E-state index in [-0.39, 0.29) is 0 Å². The smallest absolute Gasteiger partial charge is 0.248 e. The molecule has 3 aromatic rings. The first kappa shape index (κ1) is 17.2. The Bertz CT molecular complexity index is 932. The van der Waals surface area contributed by atoms with Crippen molar-refractivity contribution in [1.29, 1.82) is 0 Å². The Kier molecular flexibility index (Phi) is 4.55. The molecule has 4 rings (SSSR count). The Balaban J connectivity index is 1.68. The van der Waals surface area contributed by atoms with Gasteiger partial charge in [0, 0.05) is 29.2 Å². The first-order valence-electron chi connectivity index (χ1n) is 8.88. The number of H-pyrrole nitrogens is 1. The van der Waals surface area contributed by atoms with Crippen molar-refractivity contribution in [1.82, 2.24) is 25.5 Å². The van der Waals surface area contributed by atoms with Gasteiger partial charge in [0.25, 0.3) is 0 Å². The third kappa shape index (κ3) is 3.52. The van der Waals surface area contributed by atoms with E-state index in [0.717, 1.165) is 43.0 Å². The molecule has 3 heterocycles. The highest BCUT2D eigenvalue weighted by Crippen LogP contribution is 2.33. The highest BCUT2D eigenvalue weighted by atomic mass is 16.1. The number of hydrogen-bond acceptors (Lipinski definition) is 6. The fourth-order valence-corrected chi connectivity index (χ4v) is 3.41. The van der Waals surface area contributed by atoms with Gasteiger partial charge in [-0.3, -0.25) is 14.9 Å². The molecule has 8 heteroatoms. The van der Waals surface area contributed by atoms with E-state index in [1.54, 1.807) is 24.5 Å². The highest BCUT2D eigenvalue weighted by Gasteiger charge is 2.37. The standard InChI is InChI=1S/C19H21N7O/c20-16(27)14-2-1-3-15(12-14)24-19(6-10-22-11-7-19)18-23-17(25-26-18)13-4-8-21-9-5-13/h1-5,8-9,12,22,24H,6-7,10-11H2,(H2,20,27)(H,23,25,26). The highest BCUT2D eigenvalue weighted by molar-refractivity contribution is 5.93. The number of amides is 1. The molecule has 2 aromatic heterocycles. The SMILES string of the molecule is NC(=O)c1cccc(NC2(c3nc(-c4ccncc4)n[nH]3)CCNCC2)c1. The number of nitrogens with one attached hydrogen (secondary N) is 3. The average Bonchev–Trinajstić information content (AvgIpc) is 3.21. The van der Waals surface area contributed by atoms with E-state index in [2.05, 4.69) is 25.8 Å². The van der Waals surface area contributed by atoms with Crippen LogP contribution in [0, 0.1) is 0 Å². The van der Waals surface area contributed by atoms with Crippen molar-refractivity contribution < 1.29 is 4.79 Å². The second-order valence-electron chi connectivity index (χ2n) is 6.65. The molecule has 0 bridgehead atoms. The van der Waals surface area contributed by atoms with Crippen LogP contribution in [0.1, 0.15) is 29.0 Å². The zero-order chi connectivity index (χ0) is 18.7. The zero-order valence-electron chi connectivity index (χ0n) is 14.8. The van der Waals surface area contributed by atoms with Gasteiger partial charge in [0.15, 0.2) is 11.6 Å². The summed E-state index contributed by atoms with van der Waals surface area (Å²) in [5, 5.41) is 14.5. The van der Waals surface area contributed by atoms with Gasteiger partial charge in [-0.2, -0.15) is 5.10 Å². The molecule has 0 unspecified atom stereocenters. The minimum atomic E-state index is -0.447. The number of aromatic amines is 1. The Morgan fingerprint density at radius 3 is 2.67 bits per heavy atom. The van der Waals surface area contributed by atoms with Crippen LogP contribution in [0.3, 0.4) is 0 Å². The van der Waals surface area contributed by atoms with Crippen LogP contribution in [0.5, 0.6) is 0 Å². The molecule has 0 spiro atoms. The molecule has 1 amide bonds. The number of aromatic nitrogens is 4. The van der Waals surface area contributed by atoms with Gasteiger partial charge >= 0.3 is 0 Å². The van der Waals surface area contributed by atoms with E-state index < -0.39 is 11.4 Å². The van der Waals surface area contributed by atoms with E-state index in [1.807, 2.05) is 24.3 Å². The van der Waals surface area contributed by atoms with Crippen LogP contribution in [0.15, 0.2) is 48.8 Å². The molecule has 1 aliphatic rings. The van der Waals surface area contributed by atoms with Gasteiger partial charge in [-0.15, -0.1) is 0 Å². The molecule has 1 aliphatic heterocycles. The van der Waals surface area contributed by atoms with Crippen molar-refractivity contribution >= 4 is 11.6 Å². The van der Waals surface area contributed by atoms with Gasteiger partial charge in [-0.05, 0) is 56.3 Å². The number of carbonyl (C=O) groups is 1. The quantitative estimate of drug-likeness (QED) is 0.547.